The van der Waals surface area contributed by atoms with Gasteiger partial charge in [-0.1, -0.05) is 35.9 Å². The molecule has 1 N–H and O–H groups in total. The van der Waals surface area contributed by atoms with E-state index < -0.39 is 0 Å². The van der Waals surface area contributed by atoms with E-state index in [4.69, 9.17) is 11.6 Å². The normalized spacial score (nSPS) is 15.0. The lowest BCUT2D eigenvalue weighted by atomic mass is 10.00. The number of aryl methyl sites for hydroxylation is 2. The number of rotatable bonds is 3. The number of hydrogen-bond donors (Lipinski definition) is 1. The second kappa shape index (κ2) is 6.63. The Morgan fingerprint density at radius 2 is 2.04 bits per heavy atom. The van der Waals surface area contributed by atoms with Crippen LogP contribution in [0.4, 0.5) is 11.4 Å². The van der Waals surface area contributed by atoms with Crippen LogP contribution in [0.15, 0.2) is 42.5 Å². The summed E-state index contributed by atoms with van der Waals surface area (Å²) in [5, 5.41) is 3.64. The van der Waals surface area contributed by atoms with Crippen molar-refractivity contribution in [2.75, 3.05) is 16.8 Å². The van der Waals surface area contributed by atoms with Gasteiger partial charge in [0.1, 0.15) is 6.04 Å². The van der Waals surface area contributed by atoms with Gasteiger partial charge in [0.2, 0.25) is 5.91 Å². The Kier molecular flexibility index (Phi) is 4.58. The van der Waals surface area contributed by atoms with Crippen LogP contribution in [0.25, 0.3) is 0 Å². The Bertz CT molecular complexity index is 729. The zero-order valence-electron chi connectivity index (χ0n) is 13.5. The van der Waals surface area contributed by atoms with Crippen molar-refractivity contribution in [3.63, 3.8) is 0 Å². The lowest BCUT2D eigenvalue weighted by Gasteiger charge is -2.35. The summed E-state index contributed by atoms with van der Waals surface area (Å²) < 4.78 is 0. The molecule has 2 aromatic carbocycles. The van der Waals surface area contributed by atoms with E-state index >= 15 is 0 Å². The first-order valence-corrected chi connectivity index (χ1v) is 8.35. The number of para-hydroxylation sites is 1. The van der Waals surface area contributed by atoms with Crippen molar-refractivity contribution in [1.82, 2.24) is 0 Å². The van der Waals surface area contributed by atoms with E-state index in [1.807, 2.05) is 32.0 Å². The third kappa shape index (κ3) is 3.35. The Balaban J connectivity index is 1.79. The number of nitrogens with one attached hydrogen (secondary N) is 1. The third-order valence-corrected chi connectivity index (χ3v) is 4.69. The van der Waals surface area contributed by atoms with E-state index in [9.17, 15) is 4.79 Å². The van der Waals surface area contributed by atoms with Crippen LogP contribution in [0.1, 0.15) is 24.5 Å². The van der Waals surface area contributed by atoms with Gasteiger partial charge in [0.05, 0.1) is 0 Å². The number of carbonyl (C=O) groups excluding carboxylic acids is 1. The average molecular weight is 329 g/mol. The third-order valence-electron chi connectivity index (χ3n) is 4.45. The van der Waals surface area contributed by atoms with Crippen LogP contribution in [-0.2, 0) is 11.2 Å². The predicted octanol–water partition coefficient (Wildman–Crippen LogP) is 4.43. The molecule has 120 valence electrons. The first-order chi connectivity index (χ1) is 11.1. The summed E-state index contributed by atoms with van der Waals surface area (Å²) in [7, 11) is 0. The molecule has 1 heterocycles. The number of carbonyl (C=O) groups is 1. The molecular weight excluding hydrogens is 308 g/mol. The fourth-order valence-electron chi connectivity index (χ4n) is 3.07. The molecule has 3 nitrogen and oxygen atoms in total. The van der Waals surface area contributed by atoms with E-state index in [2.05, 4.69) is 28.4 Å². The topological polar surface area (TPSA) is 32.3 Å². The molecule has 1 aliphatic heterocycles. The van der Waals surface area contributed by atoms with Gasteiger partial charge in [0.15, 0.2) is 0 Å². The Labute approximate surface area is 142 Å². The van der Waals surface area contributed by atoms with Crippen molar-refractivity contribution in [1.29, 1.82) is 0 Å². The predicted molar refractivity (Wildman–Crippen MR) is 96.4 cm³/mol. The monoisotopic (exact) mass is 328 g/mol. The molecule has 0 aliphatic carbocycles. The number of halogens is 1. The molecule has 0 spiro atoms. The quantitative estimate of drug-likeness (QED) is 0.904. The fraction of sp³-hybridized carbons (Fsp3) is 0.316. The molecule has 0 fully saturated rings. The standard InChI is InChI=1S/C19H21ClN2O/c1-13-9-10-16(20)12-17(13)21-19(23)14(2)22-11-5-7-15-6-3-4-8-18(15)22/h3-4,6,8-10,12,14H,5,7,11H2,1-2H3,(H,21,23). The summed E-state index contributed by atoms with van der Waals surface area (Å²) in [5.74, 6) is -0.00734. The molecular formula is C19H21ClN2O. The number of nitrogens with zero attached hydrogens (tertiary/aromatic N) is 1. The molecule has 0 saturated heterocycles. The van der Waals surface area contributed by atoms with Gasteiger partial charge in [-0.25, -0.2) is 0 Å². The van der Waals surface area contributed by atoms with Gasteiger partial charge in [0, 0.05) is 22.9 Å². The lowest BCUT2D eigenvalue weighted by molar-refractivity contribution is -0.117. The molecule has 0 saturated carbocycles. The summed E-state index contributed by atoms with van der Waals surface area (Å²) in [6.07, 6.45) is 2.15. The minimum absolute atomic E-state index is 0.00734. The van der Waals surface area contributed by atoms with Gasteiger partial charge in [-0.15, -0.1) is 0 Å². The second-order valence-corrected chi connectivity index (χ2v) is 6.49. The molecule has 1 atom stereocenters. The number of amides is 1. The van der Waals surface area contributed by atoms with Crippen molar-refractivity contribution in [2.24, 2.45) is 0 Å². The Morgan fingerprint density at radius 3 is 2.87 bits per heavy atom. The van der Waals surface area contributed by atoms with E-state index in [0.29, 0.717) is 5.02 Å². The number of hydrogen-bond acceptors (Lipinski definition) is 2. The molecule has 1 unspecified atom stereocenters. The summed E-state index contributed by atoms with van der Waals surface area (Å²) in [6, 6.07) is 13.7. The Hall–Kier alpha value is -2.00. The molecule has 4 heteroatoms. The van der Waals surface area contributed by atoms with Crippen molar-refractivity contribution in [2.45, 2.75) is 32.7 Å². The maximum atomic E-state index is 12.7. The van der Waals surface area contributed by atoms with Gasteiger partial charge in [-0.05, 0) is 56.0 Å². The first kappa shape index (κ1) is 15.9. The fourth-order valence-corrected chi connectivity index (χ4v) is 3.24. The highest BCUT2D eigenvalue weighted by Gasteiger charge is 2.26. The average Bonchev–Trinajstić information content (AvgIpc) is 2.57. The lowest BCUT2D eigenvalue weighted by Crippen LogP contribution is -2.44. The molecule has 1 aliphatic rings. The number of fused-ring (bicyclic) bond motifs is 1. The van der Waals surface area contributed by atoms with Crippen molar-refractivity contribution >= 4 is 28.9 Å². The maximum absolute atomic E-state index is 12.7. The van der Waals surface area contributed by atoms with E-state index in [-0.39, 0.29) is 11.9 Å². The maximum Gasteiger partial charge on any atom is 0.246 e. The van der Waals surface area contributed by atoms with E-state index in [1.165, 1.54) is 11.3 Å². The van der Waals surface area contributed by atoms with Crippen LogP contribution in [0.3, 0.4) is 0 Å². The van der Waals surface area contributed by atoms with Gasteiger partial charge in [-0.3, -0.25) is 4.79 Å². The highest BCUT2D eigenvalue weighted by molar-refractivity contribution is 6.31. The van der Waals surface area contributed by atoms with Crippen molar-refractivity contribution < 1.29 is 4.79 Å². The molecule has 0 bridgehead atoms. The van der Waals surface area contributed by atoms with Crippen LogP contribution in [-0.4, -0.2) is 18.5 Å². The highest BCUT2D eigenvalue weighted by atomic mass is 35.5. The first-order valence-electron chi connectivity index (χ1n) is 7.98. The largest absolute Gasteiger partial charge is 0.360 e. The zero-order chi connectivity index (χ0) is 16.4. The zero-order valence-corrected chi connectivity index (χ0v) is 14.2. The van der Waals surface area contributed by atoms with Gasteiger partial charge in [0.25, 0.3) is 0 Å². The van der Waals surface area contributed by atoms with Crippen LogP contribution < -0.4 is 10.2 Å². The summed E-state index contributed by atoms with van der Waals surface area (Å²) in [4.78, 5) is 14.9. The summed E-state index contributed by atoms with van der Waals surface area (Å²) in [6.45, 7) is 4.82. The SMILES string of the molecule is Cc1ccc(Cl)cc1NC(=O)C(C)N1CCCc2ccccc21. The molecule has 1 amide bonds. The number of benzene rings is 2. The second-order valence-electron chi connectivity index (χ2n) is 6.05. The van der Waals surface area contributed by atoms with E-state index in [0.717, 1.165) is 30.6 Å². The molecule has 0 aromatic heterocycles. The summed E-state index contributed by atoms with van der Waals surface area (Å²) in [5.41, 5.74) is 4.27. The molecule has 23 heavy (non-hydrogen) atoms. The minimum atomic E-state index is -0.227. The number of anilines is 2. The summed E-state index contributed by atoms with van der Waals surface area (Å²) >= 11 is 6.03. The van der Waals surface area contributed by atoms with E-state index in [1.54, 1.807) is 6.07 Å². The minimum Gasteiger partial charge on any atom is -0.360 e. The Morgan fingerprint density at radius 1 is 1.26 bits per heavy atom. The highest BCUT2D eigenvalue weighted by Crippen LogP contribution is 2.29. The molecule has 0 radical (unpaired) electrons. The smallest absolute Gasteiger partial charge is 0.246 e. The van der Waals surface area contributed by atoms with Gasteiger partial charge < -0.3 is 10.2 Å². The molecule has 2 aromatic rings. The van der Waals surface area contributed by atoms with Crippen molar-refractivity contribution in [3.8, 4) is 0 Å². The van der Waals surface area contributed by atoms with Gasteiger partial charge >= 0.3 is 0 Å². The van der Waals surface area contributed by atoms with Crippen LogP contribution in [0.2, 0.25) is 5.02 Å². The molecule has 3 rings (SSSR count). The van der Waals surface area contributed by atoms with Crippen LogP contribution >= 0.6 is 11.6 Å². The van der Waals surface area contributed by atoms with Crippen molar-refractivity contribution in [3.05, 3.63) is 58.6 Å². The van der Waals surface area contributed by atoms with Crippen LogP contribution in [0, 0.1) is 6.92 Å². The van der Waals surface area contributed by atoms with Crippen LogP contribution in [0.5, 0.6) is 0 Å². The van der Waals surface area contributed by atoms with Gasteiger partial charge in [-0.2, -0.15) is 0 Å².